The van der Waals surface area contributed by atoms with Gasteiger partial charge >= 0.3 is 12.1 Å². The lowest BCUT2D eigenvalue weighted by atomic mass is 10.0. The molecule has 0 bridgehead atoms. The van der Waals surface area contributed by atoms with Crippen LogP contribution in [0.15, 0.2) is 59.7 Å². The van der Waals surface area contributed by atoms with Crippen molar-refractivity contribution in [2.45, 2.75) is 44.2 Å². The van der Waals surface area contributed by atoms with Crippen molar-refractivity contribution in [2.24, 2.45) is 4.99 Å². The van der Waals surface area contributed by atoms with Gasteiger partial charge < -0.3 is 15.2 Å². The molecule has 12 heteroatoms. The van der Waals surface area contributed by atoms with Crippen molar-refractivity contribution in [1.29, 1.82) is 0 Å². The van der Waals surface area contributed by atoms with E-state index >= 15 is 0 Å². The molecule has 0 aliphatic carbocycles. The number of carboxylic acids is 1. The summed E-state index contributed by atoms with van der Waals surface area (Å²) in [6.07, 6.45) is 4.02. The number of aliphatic carboxylic acids is 1. The number of amides is 2. The van der Waals surface area contributed by atoms with Crippen LogP contribution >= 0.6 is 0 Å². The number of fused-ring (bicyclic) bond motifs is 1. The number of aromatic amines is 1. The second-order valence-corrected chi connectivity index (χ2v) is 8.88. The lowest BCUT2D eigenvalue weighted by molar-refractivity contribution is -0.146. The number of rotatable bonds is 12. The minimum atomic E-state index is -2.10. The lowest BCUT2D eigenvalue weighted by Gasteiger charge is -2.31. The number of alkyl carbamates (subject to hydrolysis) is 1. The molecule has 0 spiro atoms. The van der Waals surface area contributed by atoms with Crippen molar-refractivity contribution in [2.75, 3.05) is 13.1 Å². The predicted molar refractivity (Wildman–Crippen MR) is 140 cm³/mol. The third-order valence-electron chi connectivity index (χ3n) is 6.12. The molecule has 4 rings (SSSR count). The number of nitrogens with zero attached hydrogens (tertiary/aromatic N) is 2. The van der Waals surface area contributed by atoms with E-state index in [-0.39, 0.29) is 24.9 Å². The zero-order chi connectivity index (χ0) is 26.8. The van der Waals surface area contributed by atoms with Crippen LogP contribution in [0.5, 0.6) is 0 Å². The summed E-state index contributed by atoms with van der Waals surface area (Å²) in [6, 6.07) is 14.0. The number of aromatic nitrogens is 2. The molecule has 1 aliphatic heterocycles. The summed E-state index contributed by atoms with van der Waals surface area (Å²) >= 11 is 0. The number of ether oxygens (including phenoxy) is 1. The highest BCUT2D eigenvalue weighted by atomic mass is 16.5. The molecule has 1 aromatic heterocycles. The van der Waals surface area contributed by atoms with E-state index in [2.05, 4.69) is 36.5 Å². The third kappa shape index (κ3) is 6.93. The van der Waals surface area contributed by atoms with E-state index in [4.69, 9.17) is 4.74 Å². The summed E-state index contributed by atoms with van der Waals surface area (Å²) < 4.78 is 5.27. The molecular formula is C26H31N7O5. The fourth-order valence-corrected chi connectivity index (χ4v) is 4.12. The maximum absolute atomic E-state index is 13.3. The number of benzene rings is 2. The minimum absolute atomic E-state index is 0.0530. The highest BCUT2D eigenvalue weighted by Gasteiger charge is 2.42. The zero-order valence-electron chi connectivity index (χ0n) is 20.8. The number of carbonyl (C=O) groups is 3. The van der Waals surface area contributed by atoms with Gasteiger partial charge in [0, 0.05) is 24.6 Å². The summed E-state index contributed by atoms with van der Waals surface area (Å²) in [6.45, 7) is 1.33. The van der Waals surface area contributed by atoms with Crippen molar-refractivity contribution in [3.63, 3.8) is 0 Å². The molecule has 0 saturated carbocycles. The van der Waals surface area contributed by atoms with E-state index in [1.165, 1.54) is 0 Å². The fourth-order valence-electron chi connectivity index (χ4n) is 4.12. The van der Waals surface area contributed by atoms with Crippen LogP contribution in [0.3, 0.4) is 0 Å². The van der Waals surface area contributed by atoms with Crippen molar-refractivity contribution < 1.29 is 24.2 Å². The summed E-state index contributed by atoms with van der Waals surface area (Å²) in [5, 5.41) is 29.0. The van der Waals surface area contributed by atoms with E-state index in [9.17, 15) is 19.5 Å². The zero-order valence-corrected chi connectivity index (χ0v) is 20.8. The number of H-pyrrole nitrogens is 1. The second kappa shape index (κ2) is 12.8. The van der Waals surface area contributed by atoms with Crippen LogP contribution < -0.4 is 21.3 Å². The van der Waals surface area contributed by atoms with Gasteiger partial charge in [-0.25, -0.2) is 9.59 Å². The Morgan fingerprint density at radius 3 is 2.68 bits per heavy atom. The Balaban J connectivity index is 1.46. The number of carboxylic acid groups (broad SMARTS) is 1. The van der Waals surface area contributed by atoms with Gasteiger partial charge in [-0.3, -0.25) is 30.8 Å². The first kappa shape index (κ1) is 26.8. The van der Waals surface area contributed by atoms with Crippen LogP contribution in [0.2, 0.25) is 0 Å². The molecule has 38 heavy (non-hydrogen) atoms. The number of nitrogens with one attached hydrogen (secondary N) is 5. The van der Waals surface area contributed by atoms with Gasteiger partial charge in [0.2, 0.25) is 5.66 Å². The quantitative estimate of drug-likeness (QED) is 0.155. The highest BCUT2D eigenvalue weighted by Crippen LogP contribution is 2.19. The van der Waals surface area contributed by atoms with E-state index < -0.39 is 23.6 Å². The van der Waals surface area contributed by atoms with Crippen LogP contribution in [0.1, 0.15) is 41.6 Å². The number of hydrogen-bond donors (Lipinski definition) is 6. The van der Waals surface area contributed by atoms with E-state index in [0.29, 0.717) is 30.3 Å². The molecular weight excluding hydrogens is 490 g/mol. The van der Waals surface area contributed by atoms with Crippen LogP contribution in [0, 0.1) is 0 Å². The monoisotopic (exact) mass is 521 g/mol. The molecule has 0 fully saturated rings. The maximum Gasteiger partial charge on any atom is 0.409 e. The SMILES string of the molecule is O=C(NC(CCCCNC1N=CCCN1)(NC(=O)c1cccc2cn[nH]c12)C(=O)O)OCc1ccccc1. The van der Waals surface area contributed by atoms with Crippen LogP contribution in [-0.4, -0.2) is 64.5 Å². The van der Waals surface area contributed by atoms with Gasteiger partial charge in [0.25, 0.3) is 5.91 Å². The van der Waals surface area contributed by atoms with Gasteiger partial charge in [0.15, 0.2) is 6.29 Å². The van der Waals surface area contributed by atoms with Gasteiger partial charge in [0.05, 0.1) is 17.3 Å². The molecule has 2 atom stereocenters. The highest BCUT2D eigenvalue weighted by molar-refractivity contribution is 6.07. The molecule has 2 heterocycles. The van der Waals surface area contributed by atoms with Crippen LogP contribution in [-0.2, 0) is 16.1 Å². The predicted octanol–water partition coefficient (Wildman–Crippen LogP) is 2.11. The van der Waals surface area contributed by atoms with Gasteiger partial charge in [-0.2, -0.15) is 5.10 Å². The molecule has 2 aromatic carbocycles. The number of carbonyl (C=O) groups excluding carboxylic acids is 2. The molecule has 2 amide bonds. The van der Waals surface area contributed by atoms with Crippen LogP contribution in [0.4, 0.5) is 4.79 Å². The smallest absolute Gasteiger partial charge is 0.409 e. The molecule has 200 valence electrons. The average molecular weight is 522 g/mol. The lowest BCUT2D eigenvalue weighted by Crippen LogP contribution is -2.65. The number of unbranched alkanes of at least 4 members (excludes halogenated alkanes) is 1. The van der Waals surface area contributed by atoms with E-state index in [1.807, 2.05) is 12.3 Å². The Morgan fingerprint density at radius 2 is 1.92 bits per heavy atom. The van der Waals surface area contributed by atoms with Gasteiger partial charge in [-0.1, -0.05) is 42.5 Å². The molecule has 2 unspecified atom stereocenters. The largest absolute Gasteiger partial charge is 0.478 e. The summed E-state index contributed by atoms with van der Waals surface area (Å²) in [5.74, 6) is -2.09. The Morgan fingerprint density at radius 1 is 1.08 bits per heavy atom. The van der Waals surface area contributed by atoms with Gasteiger partial charge in [-0.05, 0) is 37.4 Å². The number of para-hydroxylation sites is 1. The Kier molecular flexibility index (Phi) is 9.01. The van der Waals surface area contributed by atoms with E-state index in [0.717, 1.165) is 18.5 Å². The number of hydrogen-bond acceptors (Lipinski definition) is 8. The first-order valence-electron chi connectivity index (χ1n) is 12.4. The van der Waals surface area contributed by atoms with E-state index in [1.54, 1.807) is 48.7 Å². The maximum atomic E-state index is 13.3. The van der Waals surface area contributed by atoms with Crippen molar-refractivity contribution in [1.82, 2.24) is 31.5 Å². The van der Waals surface area contributed by atoms with Gasteiger partial charge in [-0.15, -0.1) is 0 Å². The Labute approximate surface area is 219 Å². The van der Waals surface area contributed by atoms with Crippen molar-refractivity contribution in [3.8, 4) is 0 Å². The Bertz CT molecular complexity index is 1280. The fraction of sp³-hybridized carbons (Fsp3) is 0.346. The summed E-state index contributed by atoms with van der Waals surface area (Å²) in [4.78, 5) is 42.9. The molecule has 0 radical (unpaired) electrons. The van der Waals surface area contributed by atoms with Gasteiger partial charge in [0.1, 0.15) is 6.61 Å². The minimum Gasteiger partial charge on any atom is -0.478 e. The molecule has 3 aromatic rings. The summed E-state index contributed by atoms with van der Waals surface area (Å²) in [5.41, 5.74) is -0.703. The van der Waals surface area contributed by atoms with Crippen molar-refractivity contribution in [3.05, 3.63) is 65.9 Å². The second-order valence-electron chi connectivity index (χ2n) is 8.88. The third-order valence-corrected chi connectivity index (χ3v) is 6.12. The first-order valence-corrected chi connectivity index (χ1v) is 12.4. The molecule has 12 nitrogen and oxygen atoms in total. The number of aliphatic imine (C=N–C) groups is 1. The summed E-state index contributed by atoms with van der Waals surface area (Å²) in [7, 11) is 0. The topological polar surface area (TPSA) is 170 Å². The first-order chi connectivity index (χ1) is 18.5. The van der Waals surface area contributed by atoms with Crippen LogP contribution in [0.25, 0.3) is 10.9 Å². The normalized spacial score (nSPS) is 16.5. The molecule has 6 N–H and O–H groups in total. The van der Waals surface area contributed by atoms with Crippen molar-refractivity contribution >= 4 is 35.1 Å². The molecule has 1 aliphatic rings. The average Bonchev–Trinajstić information content (AvgIpc) is 3.42. The molecule has 0 saturated heterocycles. The Hall–Kier alpha value is -4.29. The standard InChI is InChI=1S/C26H31N7O5/c34-22(20-11-6-10-19-16-30-33-21(19)20)31-26(23(35)36,12-4-5-13-27-24-28-14-7-15-29-24)32-25(37)38-17-18-8-2-1-3-9-18/h1-3,6,8-11,14,16,24,27,29H,4-5,7,12-13,15,17H2,(H,30,33)(H,31,34)(H,32,37)(H,35,36).